The van der Waals surface area contributed by atoms with Crippen molar-refractivity contribution in [2.45, 2.75) is 32.6 Å². The van der Waals surface area contributed by atoms with Crippen molar-refractivity contribution in [3.63, 3.8) is 0 Å². The third-order valence-electron chi connectivity index (χ3n) is 2.84. The van der Waals surface area contributed by atoms with Crippen LogP contribution >= 0.6 is 11.6 Å². The van der Waals surface area contributed by atoms with Gasteiger partial charge in [-0.2, -0.15) is 0 Å². The summed E-state index contributed by atoms with van der Waals surface area (Å²) in [5.41, 5.74) is 0. The van der Waals surface area contributed by atoms with E-state index in [4.69, 9.17) is 11.6 Å². The first kappa shape index (κ1) is 11.6. The number of hydrogen-bond acceptors (Lipinski definition) is 1. The SMILES string of the molecule is C=C(Cl)CNC(=O)C1CCC(C)CC1. The molecule has 1 aliphatic rings. The van der Waals surface area contributed by atoms with Gasteiger partial charge < -0.3 is 5.32 Å². The van der Waals surface area contributed by atoms with Crippen LogP contribution in [0.1, 0.15) is 32.6 Å². The second-order valence-electron chi connectivity index (χ2n) is 4.19. The van der Waals surface area contributed by atoms with Crippen LogP contribution in [0.2, 0.25) is 0 Å². The van der Waals surface area contributed by atoms with Gasteiger partial charge in [0.25, 0.3) is 0 Å². The van der Waals surface area contributed by atoms with Crippen LogP contribution in [0.15, 0.2) is 11.6 Å². The van der Waals surface area contributed by atoms with E-state index in [9.17, 15) is 4.79 Å². The molecule has 1 fully saturated rings. The van der Waals surface area contributed by atoms with Crippen LogP contribution in [0.3, 0.4) is 0 Å². The second-order valence-corrected chi connectivity index (χ2v) is 4.73. The van der Waals surface area contributed by atoms with Gasteiger partial charge >= 0.3 is 0 Å². The maximum Gasteiger partial charge on any atom is 0.223 e. The molecule has 1 amide bonds. The molecular formula is C11H18ClNO. The highest BCUT2D eigenvalue weighted by atomic mass is 35.5. The maximum absolute atomic E-state index is 11.6. The van der Waals surface area contributed by atoms with Crippen LogP contribution in [-0.4, -0.2) is 12.5 Å². The van der Waals surface area contributed by atoms with Gasteiger partial charge in [-0.05, 0) is 31.6 Å². The van der Waals surface area contributed by atoms with Crippen molar-refractivity contribution in [2.24, 2.45) is 11.8 Å². The Morgan fingerprint density at radius 1 is 1.43 bits per heavy atom. The van der Waals surface area contributed by atoms with Gasteiger partial charge in [0, 0.05) is 11.0 Å². The molecule has 0 unspecified atom stereocenters. The quantitative estimate of drug-likeness (QED) is 0.771. The lowest BCUT2D eigenvalue weighted by molar-refractivity contribution is -0.125. The first-order valence-electron chi connectivity index (χ1n) is 5.20. The van der Waals surface area contributed by atoms with E-state index in [-0.39, 0.29) is 11.8 Å². The maximum atomic E-state index is 11.6. The molecule has 3 heteroatoms. The third kappa shape index (κ3) is 3.70. The van der Waals surface area contributed by atoms with Crippen molar-refractivity contribution >= 4 is 17.5 Å². The molecule has 0 aromatic heterocycles. The van der Waals surface area contributed by atoms with Gasteiger partial charge in [0.1, 0.15) is 0 Å². The number of rotatable bonds is 3. The van der Waals surface area contributed by atoms with Crippen LogP contribution < -0.4 is 5.32 Å². The third-order valence-corrected chi connectivity index (χ3v) is 2.97. The lowest BCUT2D eigenvalue weighted by atomic mass is 9.82. The molecule has 0 aliphatic heterocycles. The van der Waals surface area contributed by atoms with Crippen molar-refractivity contribution in [2.75, 3.05) is 6.54 Å². The molecular weight excluding hydrogens is 198 g/mol. The Kier molecular flexibility index (Phi) is 4.46. The molecule has 1 N–H and O–H groups in total. The van der Waals surface area contributed by atoms with Crippen LogP contribution in [0.4, 0.5) is 0 Å². The molecule has 0 spiro atoms. The van der Waals surface area contributed by atoms with E-state index in [1.165, 1.54) is 12.8 Å². The zero-order valence-electron chi connectivity index (χ0n) is 8.68. The van der Waals surface area contributed by atoms with Crippen molar-refractivity contribution < 1.29 is 4.79 Å². The Balaban J connectivity index is 2.27. The lowest BCUT2D eigenvalue weighted by Gasteiger charge is -2.25. The molecule has 0 aromatic rings. The minimum atomic E-state index is 0.138. The number of amides is 1. The molecule has 2 nitrogen and oxygen atoms in total. The highest BCUT2D eigenvalue weighted by molar-refractivity contribution is 6.29. The van der Waals surface area contributed by atoms with E-state index < -0.39 is 0 Å². The number of carbonyl (C=O) groups is 1. The number of nitrogens with one attached hydrogen (secondary N) is 1. The summed E-state index contributed by atoms with van der Waals surface area (Å²) >= 11 is 5.57. The van der Waals surface area contributed by atoms with Crippen molar-refractivity contribution in [1.29, 1.82) is 0 Å². The summed E-state index contributed by atoms with van der Waals surface area (Å²) in [6.07, 6.45) is 4.36. The highest BCUT2D eigenvalue weighted by Gasteiger charge is 2.23. The summed E-state index contributed by atoms with van der Waals surface area (Å²) < 4.78 is 0. The van der Waals surface area contributed by atoms with Crippen LogP contribution in [0.25, 0.3) is 0 Å². The number of carbonyl (C=O) groups excluding carboxylic acids is 1. The van der Waals surface area contributed by atoms with Crippen molar-refractivity contribution in [3.05, 3.63) is 11.6 Å². The lowest BCUT2D eigenvalue weighted by Crippen LogP contribution is -2.33. The predicted octanol–water partition coefficient (Wildman–Crippen LogP) is 2.68. The Morgan fingerprint density at radius 2 is 2.00 bits per heavy atom. The van der Waals surface area contributed by atoms with E-state index in [0.717, 1.165) is 18.8 Å². The van der Waals surface area contributed by atoms with Crippen LogP contribution in [0.5, 0.6) is 0 Å². The van der Waals surface area contributed by atoms with E-state index in [0.29, 0.717) is 11.6 Å². The monoisotopic (exact) mass is 215 g/mol. The predicted molar refractivity (Wildman–Crippen MR) is 59.1 cm³/mol. The Labute approximate surface area is 90.7 Å². The molecule has 0 radical (unpaired) electrons. The molecule has 1 rings (SSSR count). The van der Waals surface area contributed by atoms with Crippen molar-refractivity contribution in [3.8, 4) is 0 Å². The normalized spacial score (nSPS) is 27.0. The summed E-state index contributed by atoms with van der Waals surface area (Å²) in [7, 11) is 0. The molecule has 0 bridgehead atoms. The van der Waals surface area contributed by atoms with E-state index in [1.807, 2.05) is 0 Å². The Hall–Kier alpha value is -0.500. The van der Waals surface area contributed by atoms with Crippen LogP contribution in [0, 0.1) is 11.8 Å². The summed E-state index contributed by atoms with van der Waals surface area (Å²) in [5, 5.41) is 3.28. The zero-order chi connectivity index (χ0) is 10.6. The molecule has 1 aliphatic carbocycles. The highest BCUT2D eigenvalue weighted by Crippen LogP contribution is 2.28. The fourth-order valence-corrected chi connectivity index (χ4v) is 1.92. The van der Waals surface area contributed by atoms with E-state index in [1.54, 1.807) is 0 Å². The Morgan fingerprint density at radius 3 is 2.50 bits per heavy atom. The number of hydrogen-bond donors (Lipinski definition) is 1. The summed E-state index contributed by atoms with van der Waals surface area (Å²) in [4.78, 5) is 11.6. The summed E-state index contributed by atoms with van der Waals surface area (Å²) in [5.74, 6) is 1.11. The van der Waals surface area contributed by atoms with Gasteiger partial charge in [-0.25, -0.2) is 0 Å². The topological polar surface area (TPSA) is 29.1 Å². The smallest absolute Gasteiger partial charge is 0.223 e. The minimum Gasteiger partial charge on any atom is -0.351 e. The standard InChI is InChI=1S/C11H18ClNO/c1-8-3-5-10(6-4-8)11(14)13-7-9(2)12/h8,10H,2-7H2,1H3,(H,13,14). The Bertz CT molecular complexity index is 219. The molecule has 0 saturated heterocycles. The molecule has 1 saturated carbocycles. The fraction of sp³-hybridized carbons (Fsp3) is 0.727. The number of halogens is 1. The minimum absolute atomic E-state index is 0.138. The molecule has 0 heterocycles. The second kappa shape index (κ2) is 5.40. The van der Waals surface area contributed by atoms with Gasteiger partial charge in [0.2, 0.25) is 5.91 Å². The zero-order valence-corrected chi connectivity index (χ0v) is 9.44. The van der Waals surface area contributed by atoms with E-state index in [2.05, 4.69) is 18.8 Å². The largest absolute Gasteiger partial charge is 0.351 e. The van der Waals surface area contributed by atoms with Gasteiger partial charge in [0.15, 0.2) is 0 Å². The van der Waals surface area contributed by atoms with E-state index >= 15 is 0 Å². The van der Waals surface area contributed by atoms with Crippen molar-refractivity contribution in [1.82, 2.24) is 5.32 Å². The fourth-order valence-electron chi connectivity index (χ4n) is 1.85. The first-order valence-corrected chi connectivity index (χ1v) is 5.58. The first-order chi connectivity index (χ1) is 6.59. The van der Waals surface area contributed by atoms with Gasteiger partial charge in [-0.15, -0.1) is 0 Å². The average molecular weight is 216 g/mol. The van der Waals surface area contributed by atoms with Gasteiger partial charge in [-0.1, -0.05) is 25.1 Å². The summed E-state index contributed by atoms with van der Waals surface area (Å²) in [6.45, 7) is 6.18. The molecule has 0 atom stereocenters. The molecule has 0 aromatic carbocycles. The average Bonchev–Trinajstić information content (AvgIpc) is 2.15. The van der Waals surface area contributed by atoms with Gasteiger partial charge in [0.05, 0.1) is 6.54 Å². The molecule has 14 heavy (non-hydrogen) atoms. The summed E-state index contributed by atoms with van der Waals surface area (Å²) in [6, 6.07) is 0. The van der Waals surface area contributed by atoms with Crippen LogP contribution in [-0.2, 0) is 4.79 Å². The molecule has 80 valence electrons. The van der Waals surface area contributed by atoms with Gasteiger partial charge in [-0.3, -0.25) is 4.79 Å².